The summed E-state index contributed by atoms with van der Waals surface area (Å²) >= 11 is 0. The Balaban J connectivity index is 1.72. The molecule has 2 rings (SSSR count). The van der Waals surface area contributed by atoms with Crippen LogP contribution in [-0.2, 0) is 9.53 Å². The molecule has 1 aromatic carbocycles. The largest absolute Gasteiger partial charge is 0.494 e. The van der Waals surface area contributed by atoms with Crippen LogP contribution in [0.2, 0.25) is 0 Å². The van der Waals surface area contributed by atoms with Gasteiger partial charge in [0.15, 0.2) is 5.78 Å². The molecule has 2 atom stereocenters. The molecule has 1 saturated heterocycles. The van der Waals surface area contributed by atoms with Gasteiger partial charge >= 0.3 is 6.09 Å². The topological polar surface area (TPSA) is 97.0 Å². The van der Waals surface area contributed by atoms with Crippen LogP contribution in [0.15, 0.2) is 24.3 Å². The number of hydrogen-bond donors (Lipinski definition) is 2. The van der Waals surface area contributed by atoms with Gasteiger partial charge in [-0.1, -0.05) is 0 Å². The lowest BCUT2D eigenvalue weighted by Crippen LogP contribution is -2.52. The van der Waals surface area contributed by atoms with Crippen LogP contribution in [-0.4, -0.2) is 60.2 Å². The Kier molecular flexibility index (Phi) is 8.86. The van der Waals surface area contributed by atoms with Crippen LogP contribution in [0.5, 0.6) is 5.75 Å². The van der Waals surface area contributed by atoms with Gasteiger partial charge in [0.2, 0.25) is 5.91 Å². The van der Waals surface area contributed by atoms with Crippen molar-refractivity contribution in [2.75, 3.05) is 19.7 Å². The van der Waals surface area contributed by atoms with Gasteiger partial charge < -0.3 is 20.1 Å². The quantitative estimate of drug-likeness (QED) is 0.459. The van der Waals surface area contributed by atoms with Crippen molar-refractivity contribution in [3.05, 3.63) is 29.8 Å². The van der Waals surface area contributed by atoms with Gasteiger partial charge in [-0.05, 0) is 78.1 Å². The first-order valence-electron chi connectivity index (χ1n) is 10.8. The van der Waals surface area contributed by atoms with Crippen molar-refractivity contribution in [3.8, 4) is 5.75 Å². The summed E-state index contributed by atoms with van der Waals surface area (Å²) < 4.78 is 11.0. The zero-order valence-electron chi connectivity index (χ0n) is 19.2. The molecule has 0 saturated carbocycles. The third-order valence-electron chi connectivity index (χ3n) is 4.92. The predicted octanol–water partition coefficient (Wildman–Crippen LogP) is 3.11. The number of amides is 2. The number of hydrogen-bond acceptors (Lipinski definition) is 6. The van der Waals surface area contributed by atoms with Crippen molar-refractivity contribution >= 4 is 17.8 Å². The summed E-state index contributed by atoms with van der Waals surface area (Å²) in [7, 11) is 0. The lowest BCUT2D eigenvalue weighted by Gasteiger charge is -2.27. The molecular formula is C23H35N3O5. The van der Waals surface area contributed by atoms with E-state index in [2.05, 4.69) is 15.5 Å². The van der Waals surface area contributed by atoms with Gasteiger partial charge in [-0.15, -0.1) is 0 Å². The molecule has 0 aliphatic carbocycles. The Morgan fingerprint density at radius 2 is 1.87 bits per heavy atom. The van der Waals surface area contributed by atoms with E-state index in [0.29, 0.717) is 12.2 Å². The summed E-state index contributed by atoms with van der Waals surface area (Å²) in [5.41, 5.74) is 0.0541. The average molecular weight is 434 g/mol. The Labute approximate surface area is 184 Å². The van der Waals surface area contributed by atoms with Gasteiger partial charge in [0.25, 0.3) is 0 Å². The monoisotopic (exact) mass is 433 g/mol. The van der Waals surface area contributed by atoms with E-state index < -0.39 is 17.7 Å². The minimum Gasteiger partial charge on any atom is -0.494 e. The second kappa shape index (κ2) is 11.1. The van der Waals surface area contributed by atoms with Crippen molar-refractivity contribution in [2.45, 2.75) is 71.7 Å². The summed E-state index contributed by atoms with van der Waals surface area (Å²) in [5, 5.41) is 5.59. The summed E-state index contributed by atoms with van der Waals surface area (Å²) in [5.74, 6) is 0.534. The first kappa shape index (κ1) is 24.7. The van der Waals surface area contributed by atoms with E-state index in [9.17, 15) is 14.4 Å². The van der Waals surface area contributed by atoms with Crippen molar-refractivity contribution < 1.29 is 23.9 Å². The van der Waals surface area contributed by atoms with Crippen molar-refractivity contribution in [2.24, 2.45) is 0 Å². The average Bonchev–Trinajstić information content (AvgIpc) is 3.10. The predicted molar refractivity (Wildman–Crippen MR) is 118 cm³/mol. The lowest BCUT2D eigenvalue weighted by molar-refractivity contribution is -0.124. The number of nitrogens with zero attached hydrogens (tertiary/aromatic N) is 1. The van der Waals surface area contributed by atoms with E-state index in [1.54, 1.807) is 52.0 Å². The molecule has 1 unspecified atom stereocenters. The van der Waals surface area contributed by atoms with Crippen LogP contribution >= 0.6 is 0 Å². The van der Waals surface area contributed by atoms with E-state index in [0.717, 1.165) is 38.1 Å². The third kappa shape index (κ3) is 8.57. The molecule has 0 spiro atoms. The number of carbonyl (C=O) groups is 3. The molecular weight excluding hydrogens is 398 g/mol. The van der Waals surface area contributed by atoms with Crippen molar-refractivity contribution in [1.82, 2.24) is 15.5 Å². The van der Waals surface area contributed by atoms with Gasteiger partial charge in [-0.25, -0.2) is 4.79 Å². The van der Waals surface area contributed by atoms with E-state index >= 15 is 0 Å². The molecule has 1 heterocycles. The number of alkyl carbamates (subject to hydrolysis) is 1. The third-order valence-corrected chi connectivity index (χ3v) is 4.92. The van der Waals surface area contributed by atoms with Crippen molar-refractivity contribution in [3.63, 3.8) is 0 Å². The number of Topliss-reactive ketones (excluding diaryl/α,β-unsaturated/α-hetero) is 1. The molecule has 0 bridgehead atoms. The SMILES string of the molecule is CC(=O)c1ccc(OCCCN2CCCC2NC(=O)[C@H](C)NC(=O)OC(C)(C)C)cc1. The first-order valence-corrected chi connectivity index (χ1v) is 10.8. The molecule has 1 aliphatic rings. The zero-order chi connectivity index (χ0) is 23.0. The summed E-state index contributed by atoms with van der Waals surface area (Å²) in [6.45, 7) is 10.8. The molecule has 2 amide bonds. The normalized spacial score (nSPS) is 17.6. The van der Waals surface area contributed by atoms with E-state index in [4.69, 9.17) is 9.47 Å². The zero-order valence-corrected chi connectivity index (χ0v) is 19.2. The van der Waals surface area contributed by atoms with Gasteiger partial charge in [-0.3, -0.25) is 14.5 Å². The van der Waals surface area contributed by atoms with Crippen LogP contribution in [0, 0.1) is 0 Å². The lowest BCUT2D eigenvalue weighted by atomic mass is 10.1. The summed E-state index contributed by atoms with van der Waals surface area (Å²) in [6.07, 6.45) is 2.04. The number of ether oxygens (including phenoxy) is 2. The fourth-order valence-corrected chi connectivity index (χ4v) is 3.34. The van der Waals surface area contributed by atoms with Gasteiger partial charge in [0.1, 0.15) is 17.4 Å². The number of rotatable bonds is 9. The van der Waals surface area contributed by atoms with Crippen molar-refractivity contribution in [1.29, 1.82) is 0 Å². The molecule has 31 heavy (non-hydrogen) atoms. The maximum atomic E-state index is 12.5. The number of nitrogens with one attached hydrogen (secondary N) is 2. The Morgan fingerprint density at radius 3 is 2.48 bits per heavy atom. The Morgan fingerprint density at radius 1 is 1.19 bits per heavy atom. The second-order valence-corrected chi connectivity index (χ2v) is 8.85. The van der Waals surface area contributed by atoms with Crippen LogP contribution < -0.4 is 15.4 Å². The smallest absolute Gasteiger partial charge is 0.408 e. The molecule has 8 nitrogen and oxygen atoms in total. The van der Waals surface area contributed by atoms with Gasteiger partial charge in [-0.2, -0.15) is 0 Å². The molecule has 0 radical (unpaired) electrons. The van der Waals surface area contributed by atoms with Crippen LogP contribution in [0.3, 0.4) is 0 Å². The number of ketones is 1. The second-order valence-electron chi connectivity index (χ2n) is 8.85. The summed E-state index contributed by atoms with van der Waals surface area (Å²) in [4.78, 5) is 37.9. The minimum absolute atomic E-state index is 0.0317. The highest BCUT2D eigenvalue weighted by atomic mass is 16.6. The molecule has 1 aliphatic heterocycles. The molecule has 1 aromatic rings. The highest BCUT2D eigenvalue weighted by molar-refractivity contribution is 5.94. The fraction of sp³-hybridized carbons (Fsp3) is 0.609. The highest BCUT2D eigenvalue weighted by Gasteiger charge is 2.28. The Bertz CT molecular complexity index is 757. The van der Waals surface area contributed by atoms with E-state index in [1.165, 1.54) is 6.92 Å². The first-order chi connectivity index (χ1) is 14.5. The van der Waals surface area contributed by atoms with Crippen LogP contribution in [0.25, 0.3) is 0 Å². The molecule has 0 aromatic heterocycles. The van der Waals surface area contributed by atoms with Gasteiger partial charge in [0.05, 0.1) is 12.8 Å². The standard InChI is InChI=1S/C23H35N3O5/c1-16(24-22(29)31-23(3,4)5)21(28)25-20-8-6-13-26(20)14-7-15-30-19-11-9-18(10-12-19)17(2)27/h9-12,16,20H,6-8,13-15H2,1-5H3,(H,24,29)(H,25,28)/t16-,20?/m0/s1. The van der Waals surface area contributed by atoms with Crippen LogP contribution in [0.4, 0.5) is 4.79 Å². The number of likely N-dealkylation sites (tertiary alicyclic amines) is 1. The maximum absolute atomic E-state index is 12.5. The minimum atomic E-state index is -0.682. The van der Waals surface area contributed by atoms with E-state index in [-0.39, 0.29) is 17.9 Å². The van der Waals surface area contributed by atoms with Gasteiger partial charge in [0, 0.05) is 18.7 Å². The molecule has 2 N–H and O–H groups in total. The number of carbonyl (C=O) groups excluding carboxylic acids is 3. The summed E-state index contributed by atoms with van der Waals surface area (Å²) in [6, 6.07) is 6.44. The molecule has 8 heteroatoms. The molecule has 1 fully saturated rings. The Hall–Kier alpha value is -2.61. The van der Waals surface area contributed by atoms with E-state index in [1.807, 2.05) is 0 Å². The number of benzene rings is 1. The highest BCUT2D eigenvalue weighted by Crippen LogP contribution is 2.17. The fourth-order valence-electron chi connectivity index (χ4n) is 3.34. The molecule has 172 valence electrons. The van der Waals surface area contributed by atoms with Crippen LogP contribution in [0.1, 0.15) is 64.2 Å². The maximum Gasteiger partial charge on any atom is 0.408 e.